The van der Waals surface area contributed by atoms with Crippen LogP contribution in [0.1, 0.15) is 6.92 Å². The summed E-state index contributed by atoms with van der Waals surface area (Å²) in [4.78, 5) is 17.6. The van der Waals surface area contributed by atoms with Crippen LogP contribution in [0.25, 0.3) is 11.5 Å². The Labute approximate surface area is 125 Å². The van der Waals surface area contributed by atoms with E-state index >= 15 is 0 Å². The summed E-state index contributed by atoms with van der Waals surface area (Å²) in [5, 5.41) is 19.1. The van der Waals surface area contributed by atoms with Crippen molar-refractivity contribution in [1.29, 1.82) is 0 Å². The molecule has 22 heavy (non-hydrogen) atoms. The van der Waals surface area contributed by atoms with Crippen molar-refractivity contribution in [2.75, 3.05) is 5.32 Å². The zero-order valence-corrected chi connectivity index (χ0v) is 12.2. The molecule has 1 amide bonds. The zero-order chi connectivity index (χ0) is 15.5. The van der Waals surface area contributed by atoms with Crippen molar-refractivity contribution in [3.63, 3.8) is 0 Å². The van der Waals surface area contributed by atoms with E-state index in [1.54, 1.807) is 24.0 Å². The van der Waals surface area contributed by atoms with E-state index in [-0.39, 0.29) is 12.5 Å². The highest BCUT2D eigenvalue weighted by Crippen LogP contribution is 2.11. The predicted molar refractivity (Wildman–Crippen MR) is 76.5 cm³/mol. The molecule has 0 saturated carbocycles. The molecule has 10 heteroatoms. The molecule has 10 nitrogen and oxygen atoms in total. The van der Waals surface area contributed by atoms with Gasteiger partial charge >= 0.3 is 0 Å². The van der Waals surface area contributed by atoms with Gasteiger partial charge in [0.25, 0.3) is 0 Å². The van der Waals surface area contributed by atoms with E-state index in [4.69, 9.17) is 0 Å². The SMILES string of the molecule is CCn1ncc(NC(=O)Cn2ccc(-c3ncnn3C)n2)n1. The van der Waals surface area contributed by atoms with Gasteiger partial charge in [0.15, 0.2) is 11.6 Å². The van der Waals surface area contributed by atoms with E-state index < -0.39 is 0 Å². The van der Waals surface area contributed by atoms with Gasteiger partial charge in [0.05, 0.1) is 12.7 Å². The number of hydrogen-bond acceptors (Lipinski definition) is 6. The summed E-state index contributed by atoms with van der Waals surface area (Å²) in [5.41, 5.74) is 0.657. The number of nitrogens with zero attached hydrogens (tertiary/aromatic N) is 8. The number of carbonyl (C=O) groups is 1. The summed E-state index contributed by atoms with van der Waals surface area (Å²) in [6, 6.07) is 1.78. The molecule has 0 aromatic carbocycles. The zero-order valence-electron chi connectivity index (χ0n) is 12.2. The Hall–Kier alpha value is -3.04. The molecule has 0 spiro atoms. The number of rotatable bonds is 5. The number of nitrogens with one attached hydrogen (secondary N) is 1. The molecule has 0 aliphatic heterocycles. The fourth-order valence-corrected chi connectivity index (χ4v) is 1.93. The van der Waals surface area contributed by atoms with Crippen LogP contribution < -0.4 is 5.32 Å². The van der Waals surface area contributed by atoms with Crippen molar-refractivity contribution in [2.45, 2.75) is 20.0 Å². The maximum Gasteiger partial charge on any atom is 0.247 e. The van der Waals surface area contributed by atoms with Crippen molar-refractivity contribution in [3.8, 4) is 11.5 Å². The molecule has 0 saturated heterocycles. The molecule has 0 atom stereocenters. The molecule has 0 fully saturated rings. The van der Waals surface area contributed by atoms with Gasteiger partial charge in [-0.1, -0.05) is 0 Å². The van der Waals surface area contributed by atoms with Crippen LogP contribution in [-0.4, -0.2) is 45.4 Å². The molecule has 0 aliphatic rings. The predicted octanol–water partition coefficient (Wildman–Crippen LogP) is -0.0713. The van der Waals surface area contributed by atoms with Gasteiger partial charge in [-0.2, -0.15) is 20.1 Å². The first kappa shape index (κ1) is 13.9. The fraction of sp³-hybridized carbons (Fsp3) is 0.333. The lowest BCUT2D eigenvalue weighted by Gasteiger charge is -2.01. The molecule has 3 heterocycles. The minimum atomic E-state index is -0.226. The summed E-state index contributed by atoms with van der Waals surface area (Å²) in [5.74, 6) is 0.841. The van der Waals surface area contributed by atoms with E-state index in [2.05, 4.69) is 30.7 Å². The van der Waals surface area contributed by atoms with E-state index in [1.165, 1.54) is 22.0 Å². The topological polar surface area (TPSA) is 108 Å². The third kappa shape index (κ3) is 2.85. The van der Waals surface area contributed by atoms with Crippen molar-refractivity contribution < 1.29 is 4.79 Å². The quantitative estimate of drug-likeness (QED) is 0.706. The minimum absolute atomic E-state index is 0.0802. The minimum Gasteiger partial charge on any atom is -0.306 e. The van der Waals surface area contributed by atoms with Crippen LogP contribution >= 0.6 is 0 Å². The van der Waals surface area contributed by atoms with Gasteiger partial charge in [-0.3, -0.25) is 9.48 Å². The highest BCUT2D eigenvalue weighted by molar-refractivity contribution is 5.89. The van der Waals surface area contributed by atoms with Crippen LogP contribution in [0.2, 0.25) is 0 Å². The molecule has 0 radical (unpaired) electrons. The summed E-state index contributed by atoms with van der Waals surface area (Å²) in [6.07, 6.45) is 4.68. The Morgan fingerprint density at radius 2 is 2.18 bits per heavy atom. The maximum atomic E-state index is 12.0. The van der Waals surface area contributed by atoms with Gasteiger partial charge in [0, 0.05) is 13.2 Å². The monoisotopic (exact) mass is 301 g/mol. The summed E-state index contributed by atoms with van der Waals surface area (Å²) >= 11 is 0. The van der Waals surface area contributed by atoms with Crippen molar-refractivity contribution in [3.05, 3.63) is 24.8 Å². The lowest BCUT2D eigenvalue weighted by Crippen LogP contribution is -2.19. The summed E-state index contributed by atoms with van der Waals surface area (Å²) in [7, 11) is 1.78. The van der Waals surface area contributed by atoms with E-state index in [9.17, 15) is 4.79 Å². The highest BCUT2D eigenvalue weighted by Gasteiger charge is 2.11. The average Bonchev–Trinajstić information content (AvgIpc) is 3.20. The molecular weight excluding hydrogens is 286 g/mol. The largest absolute Gasteiger partial charge is 0.306 e. The lowest BCUT2D eigenvalue weighted by molar-refractivity contribution is -0.116. The van der Waals surface area contributed by atoms with E-state index in [1.807, 2.05) is 6.92 Å². The number of carbonyl (C=O) groups excluding carboxylic acids is 1. The number of amides is 1. The number of hydrogen-bond donors (Lipinski definition) is 1. The van der Waals surface area contributed by atoms with E-state index in [0.717, 1.165) is 0 Å². The van der Waals surface area contributed by atoms with Crippen LogP contribution in [0.4, 0.5) is 5.82 Å². The van der Waals surface area contributed by atoms with Crippen LogP contribution in [0.5, 0.6) is 0 Å². The van der Waals surface area contributed by atoms with E-state index in [0.29, 0.717) is 23.9 Å². The highest BCUT2D eigenvalue weighted by atomic mass is 16.2. The van der Waals surface area contributed by atoms with Gasteiger partial charge in [0.2, 0.25) is 5.91 Å². The third-order valence-corrected chi connectivity index (χ3v) is 2.97. The molecule has 3 aromatic heterocycles. The van der Waals surface area contributed by atoms with Crippen molar-refractivity contribution >= 4 is 11.7 Å². The molecule has 3 aromatic rings. The third-order valence-electron chi connectivity index (χ3n) is 2.97. The fourth-order valence-electron chi connectivity index (χ4n) is 1.93. The molecule has 114 valence electrons. The molecule has 0 bridgehead atoms. The molecule has 0 aliphatic carbocycles. The maximum absolute atomic E-state index is 12.0. The Bertz CT molecular complexity index is 784. The average molecular weight is 301 g/mol. The van der Waals surface area contributed by atoms with Crippen LogP contribution in [0, 0.1) is 0 Å². The second-order valence-electron chi connectivity index (χ2n) is 4.57. The van der Waals surface area contributed by atoms with Gasteiger partial charge in [-0.25, -0.2) is 9.67 Å². The number of aryl methyl sites for hydroxylation is 2. The first-order valence-corrected chi connectivity index (χ1v) is 6.73. The van der Waals surface area contributed by atoms with Crippen molar-refractivity contribution in [2.24, 2.45) is 7.05 Å². The van der Waals surface area contributed by atoms with Gasteiger partial charge in [-0.15, -0.1) is 5.10 Å². The molecule has 0 unspecified atom stereocenters. The van der Waals surface area contributed by atoms with Crippen molar-refractivity contribution in [1.82, 2.24) is 39.5 Å². The lowest BCUT2D eigenvalue weighted by atomic mass is 10.4. The standard InChI is InChI=1S/C12H15N9O/c1-3-21-14-6-10(18-21)16-11(22)7-20-5-4-9(17-20)12-13-8-15-19(12)2/h4-6,8H,3,7H2,1-2H3,(H,16,18,22). The van der Waals surface area contributed by atoms with Gasteiger partial charge < -0.3 is 5.32 Å². The number of aromatic nitrogens is 8. The Kier molecular flexibility index (Phi) is 3.64. The Balaban J connectivity index is 1.65. The normalized spacial score (nSPS) is 10.8. The van der Waals surface area contributed by atoms with Gasteiger partial charge in [-0.05, 0) is 13.0 Å². The number of anilines is 1. The molecular formula is C12H15N9O. The Morgan fingerprint density at radius 1 is 1.32 bits per heavy atom. The van der Waals surface area contributed by atoms with Crippen LogP contribution in [0.15, 0.2) is 24.8 Å². The molecule has 1 N–H and O–H groups in total. The van der Waals surface area contributed by atoms with Crippen LogP contribution in [0.3, 0.4) is 0 Å². The van der Waals surface area contributed by atoms with Crippen LogP contribution in [-0.2, 0) is 24.9 Å². The van der Waals surface area contributed by atoms with Gasteiger partial charge in [0.1, 0.15) is 18.6 Å². The smallest absolute Gasteiger partial charge is 0.247 e. The first-order chi connectivity index (χ1) is 10.7. The first-order valence-electron chi connectivity index (χ1n) is 6.73. The second-order valence-corrected chi connectivity index (χ2v) is 4.57. The molecule has 3 rings (SSSR count). The summed E-state index contributed by atoms with van der Waals surface area (Å²) < 4.78 is 3.15. The Morgan fingerprint density at radius 3 is 2.86 bits per heavy atom. The second kappa shape index (κ2) is 5.76. The summed E-state index contributed by atoms with van der Waals surface area (Å²) in [6.45, 7) is 2.65.